The van der Waals surface area contributed by atoms with Gasteiger partial charge in [0.05, 0.1) is 0 Å². The molecule has 0 spiro atoms. The van der Waals surface area contributed by atoms with E-state index in [9.17, 15) is 8.78 Å². The smallest absolute Gasteiger partial charge is 0.198 e. The Hall–Kier alpha value is -0.570. The molecule has 0 bridgehead atoms. The summed E-state index contributed by atoms with van der Waals surface area (Å²) in [6.45, 7) is 0. The number of thioether (sulfide) groups is 1. The molecule has 0 fully saturated rings. The summed E-state index contributed by atoms with van der Waals surface area (Å²) in [5, 5.41) is 0. The first-order chi connectivity index (χ1) is 4.79. The Morgan fingerprint density at radius 2 is 2.20 bits per heavy atom. The van der Waals surface area contributed by atoms with Crippen LogP contribution in [-0.4, -0.2) is 5.76 Å². The van der Waals surface area contributed by atoms with Crippen LogP contribution < -0.4 is 0 Å². The van der Waals surface area contributed by atoms with Gasteiger partial charge in [-0.25, -0.2) is 0 Å². The molecule has 53 valence electrons. The summed E-state index contributed by atoms with van der Waals surface area (Å²) in [4.78, 5) is 0.484. The van der Waals surface area contributed by atoms with Crippen LogP contribution in [0.25, 0.3) is 0 Å². The lowest BCUT2D eigenvalue weighted by Gasteiger charge is -1.95. The first-order valence-electron chi connectivity index (χ1n) is 2.70. The number of hydrogen-bond donors (Lipinski definition) is 0. The second-order valence-corrected chi connectivity index (χ2v) is 2.64. The van der Waals surface area contributed by atoms with Gasteiger partial charge in [-0.3, -0.25) is 0 Å². The Bertz CT molecular complexity index is 186. The van der Waals surface area contributed by atoms with Crippen molar-refractivity contribution in [1.82, 2.24) is 0 Å². The molecule has 0 nitrogen and oxygen atoms in total. The average Bonchev–Trinajstić information content (AvgIpc) is 1.88. The van der Waals surface area contributed by atoms with Crippen LogP contribution in [0.1, 0.15) is 0 Å². The van der Waals surface area contributed by atoms with Gasteiger partial charge in [-0.2, -0.15) is 8.78 Å². The van der Waals surface area contributed by atoms with E-state index in [4.69, 9.17) is 0 Å². The van der Waals surface area contributed by atoms with Crippen LogP contribution >= 0.6 is 11.8 Å². The fraction of sp³-hybridized carbons (Fsp3) is 0.143. The Labute approximate surface area is 62.3 Å². The molecule has 1 rings (SSSR count). The minimum absolute atomic E-state index is 0.484. The van der Waals surface area contributed by atoms with E-state index < -0.39 is 5.76 Å². The number of alkyl halides is 2. The summed E-state index contributed by atoms with van der Waals surface area (Å²) in [6, 6.07) is 9.36. The van der Waals surface area contributed by atoms with Crippen molar-refractivity contribution < 1.29 is 8.78 Å². The van der Waals surface area contributed by atoms with Crippen molar-refractivity contribution in [3.05, 3.63) is 30.3 Å². The van der Waals surface area contributed by atoms with Crippen LogP contribution in [0.3, 0.4) is 0 Å². The summed E-state index contributed by atoms with van der Waals surface area (Å²) < 4.78 is 23.3. The minimum atomic E-state index is -2.35. The molecule has 0 saturated heterocycles. The van der Waals surface area contributed by atoms with Crippen molar-refractivity contribution in [1.29, 1.82) is 0 Å². The highest BCUT2D eigenvalue weighted by Crippen LogP contribution is 2.23. The van der Waals surface area contributed by atoms with Crippen LogP contribution in [0, 0.1) is 6.07 Å². The van der Waals surface area contributed by atoms with Gasteiger partial charge in [-0.1, -0.05) is 30.0 Å². The third kappa shape index (κ3) is 2.35. The van der Waals surface area contributed by atoms with Crippen LogP contribution in [-0.2, 0) is 0 Å². The fourth-order valence-electron chi connectivity index (χ4n) is 0.546. The molecule has 0 N–H and O–H groups in total. The van der Waals surface area contributed by atoms with Gasteiger partial charge in [0.15, 0.2) is 0 Å². The minimum Gasteiger partial charge on any atom is -0.198 e. The van der Waals surface area contributed by atoms with E-state index in [0.29, 0.717) is 16.7 Å². The van der Waals surface area contributed by atoms with Gasteiger partial charge in [-0.05, 0) is 12.1 Å². The predicted molar refractivity (Wildman–Crippen MR) is 37.1 cm³/mol. The van der Waals surface area contributed by atoms with Crippen molar-refractivity contribution in [2.75, 3.05) is 0 Å². The second kappa shape index (κ2) is 3.56. The molecule has 3 heteroatoms. The van der Waals surface area contributed by atoms with Crippen LogP contribution in [0.15, 0.2) is 29.2 Å². The summed E-state index contributed by atoms with van der Waals surface area (Å²) in [7, 11) is 0. The molecule has 0 aliphatic rings. The van der Waals surface area contributed by atoms with Gasteiger partial charge in [0, 0.05) is 4.90 Å². The third-order valence-electron chi connectivity index (χ3n) is 0.897. The van der Waals surface area contributed by atoms with E-state index in [0.717, 1.165) is 0 Å². The van der Waals surface area contributed by atoms with Crippen LogP contribution in [0.5, 0.6) is 0 Å². The molecule has 10 heavy (non-hydrogen) atoms. The van der Waals surface area contributed by atoms with Gasteiger partial charge >= 0.3 is 0 Å². The zero-order chi connectivity index (χ0) is 7.40. The van der Waals surface area contributed by atoms with E-state index in [1.807, 2.05) is 0 Å². The van der Waals surface area contributed by atoms with Gasteiger partial charge in [0.1, 0.15) is 0 Å². The van der Waals surface area contributed by atoms with E-state index in [-0.39, 0.29) is 0 Å². The number of hydrogen-bond acceptors (Lipinski definition) is 1. The SMILES string of the molecule is FC(F)Sc1[c]cccc1. The van der Waals surface area contributed by atoms with Crippen LogP contribution in [0.4, 0.5) is 8.78 Å². The van der Waals surface area contributed by atoms with E-state index in [1.165, 1.54) is 0 Å². The first-order valence-corrected chi connectivity index (χ1v) is 3.58. The second-order valence-electron chi connectivity index (χ2n) is 1.61. The van der Waals surface area contributed by atoms with Crippen molar-refractivity contribution in [2.24, 2.45) is 0 Å². The van der Waals surface area contributed by atoms with E-state index in [1.54, 1.807) is 24.3 Å². The van der Waals surface area contributed by atoms with Crippen molar-refractivity contribution >= 4 is 11.8 Å². The maximum atomic E-state index is 11.7. The quantitative estimate of drug-likeness (QED) is 0.598. The highest BCUT2D eigenvalue weighted by Gasteiger charge is 2.02. The molecule has 0 atom stereocenters. The molecule has 0 saturated carbocycles. The van der Waals surface area contributed by atoms with Gasteiger partial charge in [0.25, 0.3) is 5.76 Å². The monoisotopic (exact) mass is 159 g/mol. The topological polar surface area (TPSA) is 0 Å². The molecular formula is C7H5F2S. The Morgan fingerprint density at radius 3 is 2.70 bits per heavy atom. The fourth-order valence-corrected chi connectivity index (χ4v) is 1.03. The highest BCUT2D eigenvalue weighted by molar-refractivity contribution is 7.99. The summed E-state index contributed by atoms with van der Waals surface area (Å²) in [5.74, 6) is -2.35. The lowest BCUT2D eigenvalue weighted by Crippen LogP contribution is -1.79. The molecule has 0 aliphatic carbocycles. The normalized spacial score (nSPS) is 10.3. The number of rotatable bonds is 2. The van der Waals surface area contributed by atoms with E-state index in [2.05, 4.69) is 6.07 Å². The average molecular weight is 159 g/mol. The molecule has 0 amide bonds. The Balaban J connectivity index is 2.59. The predicted octanol–water partition coefficient (Wildman–Crippen LogP) is 2.80. The molecule has 1 aromatic carbocycles. The molecule has 0 aliphatic heterocycles. The number of halogens is 2. The molecule has 1 radical (unpaired) electrons. The lowest BCUT2D eigenvalue weighted by molar-refractivity contribution is 0.252. The maximum Gasteiger partial charge on any atom is 0.288 e. The van der Waals surface area contributed by atoms with Crippen molar-refractivity contribution in [3.8, 4) is 0 Å². The van der Waals surface area contributed by atoms with Gasteiger partial charge in [-0.15, -0.1) is 0 Å². The molecule has 0 heterocycles. The van der Waals surface area contributed by atoms with Gasteiger partial charge in [0.2, 0.25) is 0 Å². The Kier molecular flexibility index (Phi) is 2.68. The first kappa shape index (κ1) is 7.54. The standard InChI is InChI=1S/C7H5F2S/c8-7(9)10-6-4-2-1-3-5-6/h1-4,7H. The zero-order valence-corrected chi connectivity index (χ0v) is 5.87. The maximum absolute atomic E-state index is 11.7. The summed E-state index contributed by atoms with van der Waals surface area (Å²) >= 11 is 0.510. The Morgan fingerprint density at radius 1 is 1.40 bits per heavy atom. The molecule has 0 unspecified atom stereocenters. The van der Waals surface area contributed by atoms with Gasteiger partial charge < -0.3 is 0 Å². The summed E-state index contributed by atoms with van der Waals surface area (Å²) in [6.07, 6.45) is 0. The molecular weight excluding hydrogens is 154 g/mol. The van der Waals surface area contributed by atoms with Crippen molar-refractivity contribution in [2.45, 2.75) is 10.7 Å². The zero-order valence-electron chi connectivity index (χ0n) is 5.05. The molecule has 1 aromatic rings. The summed E-state index contributed by atoms with van der Waals surface area (Å²) in [5.41, 5.74) is 0. The highest BCUT2D eigenvalue weighted by atomic mass is 32.2. The number of benzene rings is 1. The lowest BCUT2D eigenvalue weighted by atomic mass is 10.4. The largest absolute Gasteiger partial charge is 0.288 e. The van der Waals surface area contributed by atoms with Crippen LogP contribution in [0.2, 0.25) is 0 Å². The molecule has 0 aromatic heterocycles. The van der Waals surface area contributed by atoms with Crippen molar-refractivity contribution in [3.63, 3.8) is 0 Å². The third-order valence-corrected chi connectivity index (χ3v) is 1.58. The van der Waals surface area contributed by atoms with E-state index >= 15 is 0 Å².